The van der Waals surface area contributed by atoms with Crippen LogP contribution in [0.3, 0.4) is 0 Å². The fourth-order valence-electron chi connectivity index (χ4n) is 2.42. The van der Waals surface area contributed by atoms with Gasteiger partial charge in [-0.05, 0) is 38.1 Å². The fraction of sp³-hybridized carbons (Fsp3) is 0.538. The number of hydrogen-bond acceptors (Lipinski definition) is 4. The molecule has 20 heavy (non-hydrogen) atoms. The van der Waals surface area contributed by atoms with E-state index in [1.54, 1.807) is 22.5 Å². The second-order valence-electron chi connectivity index (χ2n) is 4.90. The molecule has 5 nitrogen and oxygen atoms in total. The van der Waals surface area contributed by atoms with Crippen molar-refractivity contribution in [1.82, 2.24) is 9.62 Å². The van der Waals surface area contributed by atoms with Gasteiger partial charge in [0.15, 0.2) is 0 Å². The lowest BCUT2D eigenvalue weighted by atomic mass is 10.1. The fourth-order valence-corrected chi connectivity index (χ4v) is 4.64. The standard InChI is InChI=1S/C13H19BrN2O3S/c1-15-8-10-3-4-16(9-10)20(17,18)13-6-11(14)5-12(7-13)19-2/h5-7,10,15H,3-4,8-9H2,1-2H3. The summed E-state index contributed by atoms with van der Waals surface area (Å²) >= 11 is 3.32. The number of hydrogen-bond donors (Lipinski definition) is 1. The summed E-state index contributed by atoms with van der Waals surface area (Å²) in [4.78, 5) is 0.272. The van der Waals surface area contributed by atoms with E-state index in [9.17, 15) is 8.42 Å². The van der Waals surface area contributed by atoms with Crippen LogP contribution in [0.4, 0.5) is 0 Å². The van der Waals surface area contributed by atoms with Crippen LogP contribution in [0.1, 0.15) is 6.42 Å². The van der Waals surface area contributed by atoms with Gasteiger partial charge in [-0.15, -0.1) is 0 Å². The minimum absolute atomic E-state index is 0.272. The average Bonchev–Trinajstić information content (AvgIpc) is 2.87. The Morgan fingerprint density at radius 2 is 2.20 bits per heavy atom. The van der Waals surface area contributed by atoms with Gasteiger partial charge in [-0.25, -0.2) is 8.42 Å². The van der Waals surface area contributed by atoms with Crippen molar-refractivity contribution in [2.24, 2.45) is 5.92 Å². The Labute approximate surface area is 128 Å². The Morgan fingerprint density at radius 1 is 1.45 bits per heavy atom. The summed E-state index contributed by atoms with van der Waals surface area (Å²) in [6.07, 6.45) is 0.894. The molecular weight excluding hydrogens is 344 g/mol. The maximum absolute atomic E-state index is 12.6. The molecule has 0 aromatic heterocycles. The highest BCUT2D eigenvalue weighted by Gasteiger charge is 2.32. The maximum atomic E-state index is 12.6. The normalized spacial score (nSPS) is 20.2. The maximum Gasteiger partial charge on any atom is 0.243 e. The molecular formula is C13H19BrN2O3S. The molecule has 1 heterocycles. The van der Waals surface area contributed by atoms with Crippen LogP contribution in [0.5, 0.6) is 5.75 Å². The molecule has 1 aromatic carbocycles. The van der Waals surface area contributed by atoms with Crippen molar-refractivity contribution >= 4 is 26.0 Å². The van der Waals surface area contributed by atoms with Gasteiger partial charge in [0.2, 0.25) is 10.0 Å². The van der Waals surface area contributed by atoms with Crippen LogP contribution >= 0.6 is 15.9 Å². The number of ether oxygens (including phenoxy) is 1. The zero-order chi connectivity index (χ0) is 14.8. The molecule has 0 radical (unpaired) electrons. The number of benzene rings is 1. The largest absolute Gasteiger partial charge is 0.497 e. The van der Waals surface area contributed by atoms with Crippen molar-refractivity contribution in [1.29, 1.82) is 0 Å². The number of nitrogens with zero attached hydrogens (tertiary/aromatic N) is 1. The second kappa shape index (κ2) is 6.43. The third-order valence-electron chi connectivity index (χ3n) is 3.46. The number of nitrogens with one attached hydrogen (secondary N) is 1. The molecule has 0 amide bonds. The summed E-state index contributed by atoms with van der Waals surface area (Å²) in [5.41, 5.74) is 0. The lowest BCUT2D eigenvalue weighted by molar-refractivity contribution is 0.412. The lowest BCUT2D eigenvalue weighted by Gasteiger charge is -2.17. The Kier molecular flexibility index (Phi) is 5.06. The van der Waals surface area contributed by atoms with Gasteiger partial charge in [0.25, 0.3) is 0 Å². The van der Waals surface area contributed by atoms with Crippen molar-refractivity contribution < 1.29 is 13.2 Å². The van der Waals surface area contributed by atoms with E-state index < -0.39 is 10.0 Å². The summed E-state index contributed by atoms with van der Waals surface area (Å²) in [6, 6.07) is 4.92. The minimum atomic E-state index is -3.45. The molecule has 112 valence electrons. The zero-order valence-electron chi connectivity index (χ0n) is 11.6. The van der Waals surface area contributed by atoms with E-state index in [1.165, 1.54) is 7.11 Å². The van der Waals surface area contributed by atoms with Gasteiger partial charge in [-0.3, -0.25) is 0 Å². The predicted molar refractivity (Wildman–Crippen MR) is 81.5 cm³/mol. The van der Waals surface area contributed by atoms with Gasteiger partial charge >= 0.3 is 0 Å². The van der Waals surface area contributed by atoms with Crippen LogP contribution in [0.2, 0.25) is 0 Å². The lowest BCUT2D eigenvalue weighted by Crippen LogP contribution is -2.30. The van der Waals surface area contributed by atoms with Crippen LogP contribution in [0.15, 0.2) is 27.6 Å². The molecule has 1 aliphatic heterocycles. The number of rotatable bonds is 5. The van der Waals surface area contributed by atoms with Crippen molar-refractivity contribution in [3.05, 3.63) is 22.7 Å². The third kappa shape index (κ3) is 3.33. The first-order valence-corrected chi connectivity index (χ1v) is 8.70. The Bertz CT molecular complexity index is 577. The van der Waals surface area contributed by atoms with E-state index >= 15 is 0 Å². The third-order valence-corrected chi connectivity index (χ3v) is 5.76. The summed E-state index contributed by atoms with van der Waals surface area (Å²) in [7, 11) is -0.0394. The number of methoxy groups -OCH3 is 1. The molecule has 7 heteroatoms. The van der Waals surface area contributed by atoms with E-state index in [4.69, 9.17) is 4.74 Å². The molecule has 1 fully saturated rings. The highest BCUT2D eigenvalue weighted by molar-refractivity contribution is 9.10. The second-order valence-corrected chi connectivity index (χ2v) is 7.76. The summed E-state index contributed by atoms with van der Waals surface area (Å²) in [5.74, 6) is 0.910. The molecule has 1 aromatic rings. The Hall–Kier alpha value is -0.630. The molecule has 1 N–H and O–H groups in total. The topological polar surface area (TPSA) is 58.6 Å². The van der Waals surface area contributed by atoms with E-state index in [1.807, 2.05) is 7.05 Å². The van der Waals surface area contributed by atoms with Crippen molar-refractivity contribution in [2.45, 2.75) is 11.3 Å². The molecule has 0 saturated carbocycles. The van der Waals surface area contributed by atoms with Crippen LogP contribution in [0, 0.1) is 5.92 Å². The molecule has 1 atom stereocenters. The van der Waals surface area contributed by atoms with Crippen molar-refractivity contribution in [3.8, 4) is 5.75 Å². The molecule has 1 saturated heterocycles. The van der Waals surface area contributed by atoms with Gasteiger partial charge in [0.05, 0.1) is 12.0 Å². The summed E-state index contributed by atoms with van der Waals surface area (Å²) < 4.78 is 32.6. The van der Waals surface area contributed by atoms with E-state index in [0.29, 0.717) is 29.2 Å². The van der Waals surface area contributed by atoms with Crippen LogP contribution in [0.25, 0.3) is 0 Å². The van der Waals surface area contributed by atoms with E-state index in [0.717, 1.165) is 13.0 Å². The molecule has 1 aliphatic rings. The molecule has 0 spiro atoms. The smallest absolute Gasteiger partial charge is 0.243 e. The Morgan fingerprint density at radius 3 is 2.85 bits per heavy atom. The first-order valence-electron chi connectivity index (χ1n) is 6.46. The first kappa shape index (κ1) is 15.8. The molecule has 0 bridgehead atoms. The van der Waals surface area contributed by atoms with Crippen LogP contribution < -0.4 is 10.1 Å². The highest BCUT2D eigenvalue weighted by Crippen LogP contribution is 2.29. The van der Waals surface area contributed by atoms with Gasteiger partial charge in [-0.2, -0.15) is 4.31 Å². The summed E-state index contributed by atoms with van der Waals surface area (Å²) in [5, 5.41) is 3.10. The highest BCUT2D eigenvalue weighted by atomic mass is 79.9. The number of sulfonamides is 1. The average molecular weight is 363 g/mol. The van der Waals surface area contributed by atoms with Crippen molar-refractivity contribution in [2.75, 3.05) is 33.8 Å². The van der Waals surface area contributed by atoms with E-state index in [-0.39, 0.29) is 4.90 Å². The monoisotopic (exact) mass is 362 g/mol. The number of halogens is 1. The van der Waals surface area contributed by atoms with Gasteiger partial charge in [-0.1, -0.05) is 15.9 Å². The molecule has 0 aliphatic carbocycles. The van der Waals surface area contributed by atoms with Crippen LogP contribution in [-0.2, 0) is 10.0 Å². The first-order chi connectivity index (χ1) is 9.47. The van der Waals surface area contributed by atoms with Gasteiger partial charge in [0.1, 0.15) is 5.75 Å². The minimum Gasteiger partial charge on any atom is -0.497 e. The quantitative estimate of drug-likeness (QED) is 0.865. The predicted octanol–water partition coefficient (Wildman–Crippen LogP) is 1.69. The van der Waals surface area contributed by atoms with Gasteiger partial charge < -0.3 is 10.1 Å². The summed E-state index contributed by atoms with van der Waals surface area (Å²) in [6.45, 7) is 1.98. The Balaban J connectivity index is 2.25. The van der Waals surface area contributed by atoms with Crippen LogP contribution in [-0.4, -0.2) is 46.5 Å². The van der Waals surface area contributed by atoms with Crippen molar-refractivity contribution in [3.63, 3.8) is 0 Å². The molecule has 1 unspecified atom stereocenters. The molecule has 2 rings (SSSR count). The zero-order valence-corrected chi connectivity index (χ0v) is 14.0. The van der Waals surface area contributed by atoms with E-state index in [2.05, 4.69) is 21.2 Å². The SMILES string of the molecule is CNCC1CCN(S(=O)(=O)c2cc(Br)cc(OC)c2)C1. The van der Waals surface area contributed by atoms with Gasteiger partial charge in [0, 0.05) is 23.6 Å².